The molecule has 0 saturated heterocycles. The quantitative estimate of drug-likeness (QED) is 0.0265. The lowest BCUT2D eigenvalue weighted by Crippen LogP contribution is -2.30. The van der Waals surface area contributed by atoms with Crippen molar-refractivity contribution in [3.63, 3.8) is 0 Å². The van der Waals surface area contributed by atoms with E-state index in [-0.39, 0.29) is 31.1 Å². The zero-order valence-electron chi connectivity index (χ0n) is 37.5. The van der Waals surface area contributed by atoms with Crippen LogP contribution in [0.15, 0.2) is 85.1 Å². The molecule has 0 fully saturated rings. The van der Waals surface area contributed by atoms with Crippen LogP contribution in [-0.4, -0.2) is 37.2 Å². The second-order valence-electron chi connectivity index (χ2n) is 15.3. The van der Waals surface area contributed by atoms with Gasteiger partial charge >= 0.3 is 17.9 Å². The highest BCUT2D eigenvalue weighted by Crippen LogP contribution is 2.13. The highest BCUT2D eigenvalue weighted by atomic mass is 16.6. The van der Waals surface area contributed by atoms with Gasteiger partial charge < -0.3 is 14.2 Å². The standard InChI is InChI=1S/C52H86O6/c1-4-7-10-13-16-19-22-24-26-28-30-33-36-39-42-45-51(54)57-48-49(47-56-50(53)44-41-38-35-32-21-18-15-12-9-6-3)58-52(55)46-43-40-37-34-31-29-27-25-23-20-17-14-11-8-5-2/h7-8,10-11,16-17,19-20,24-27,30,33,49H,4-6,9,12-15,18,21-23,28-29,31-32,34-48H2,1-3H3/b10-7-,11-8-,19-16-,20-17-,26-24-,27-25-,33-30-. The van der Waals surface area contributed by atoms with Crippen LogP contribution in [-0.2, 0) is 28.6 Å². The minimum atomic E-state index is -0.799. The molecule has 0 aliphatic heterocycles. The third-order valence-corrected chi connectivity index (χ3v) is 9.65. The molecule has 1 unspecified atom stereocenters. The molecular formula is C52H86O6. The highest BCUT2D eigenvalue weighted by Gasteiger charge is 2.19. The van der Waals surface area contributed by atoms with E-state index in [1.807, 2.05) is 0 Å². The summed E-state index contributed by atoms with van der Waals surface area (Å²) in [5.74, 6) is -0.964. The van der Waals surface area contributed by atoms with Gasteiger partial charge in [0.15, 0.2) is 6.10 Å². The lowest BCUT2D eigenvalue weighted by molar-refractivity contribution is -0.167. The third kappa shape index (κ3) is 43.7. The number of hydrogen-bond acceptors (Lipinski definition) is 6. The lowest BCUT2D eigenvalue weighted by atomic mass is 10.1. The van der Waals surface area contributed by atoms with E-state index in [1.54, 1.807) is 0 Å². The average Bonchev–Trinajstić information content (AvgIpc) is 3.22. The third-order valence-electron chi connectivity index (χ3n) is 9.65. The van der Waals surface area contributed by atoms with Crippen molar-refractivity contribution in [3.8, 4) is 0 Å². The minimum absolute atomic E-state index is 0.0966. The first kappa shape index (κ1) is 54.6. The van der Waals surface area contributed by atoms with Crippen molar-refractivity contribution in [1.82, 2.24) is 0 Å². The number of ether oxygens (including phenoxy) is 3. The smallest absolute Gasteiger partial charge is 0.306 e. The largest absolute Gasteiger partial charge is 0.462 e. The number of hydrogen-bond donors (Lipinski definition) is 0. The zero-order chi connectivity index (χ0) is 42.3. The molecule has 0 bridgehead atoms. The molecule has 0 aromatic rings. The van der Waals surface area contributed by atoms with Gasteiger partial charge in [0, 0.05) is 19.3 Å². The molecule has 330 valence electrons. The summed E-state index contributed by atoms with van der Waals surface area (Å²) in [5, 5.41) is 0. The Morgan fingerprint density at radius 1 is 0.362 bits per heavy atom. The maximum atomic E-state index is 12.7. The van der Waals surface area contributed by atoms with Gasteiger partial charge in [-0.15, -0.1) is 0 Å². The monoisotopic (exact) mass is 807 g/mol. The number of esters is 3. The highest BCUT2D eigenvalue weighted by molar-refractivity contribution is 5.71. The van der Waals surface area contributed by atoms with E-state index in [0.29, 0.717) is 19.3 Å². The summed E-state index contributed by atoms with van der Waals surface area (Å²) in [4.78, 5) is 37.8. The Balaban J connectivity index is 4.48. The summed E-state index contributed by atoms with van der Waals surface area (Å²) in [6, 6.07) is 0. The normalized spacial score (nSPS) is 12.8. The van der Waals surface area contributed by atoms with Crippen molar-refractivity contribution in [1.29, 1.82) is 0 Å². The maximum absolute atomic E-state index is 12.7. The van der Waals surface area contributed by atoms with Gasteiger partial charge in [-0.05, 0) is 89.9 Å². The Morgan fingerprint density at radius 3 is 1.09 bits per heavy atom. The summed E-state index contributed by atoms with van der Waals surface area (Å²) in [6.07, 6.45) is 58.5. The summed E-state index contributed by atoms with van der Waals surface area (Å²) >= 11 is 0. The Hall–Kier alpha value is -3.41. The van der Waals surface area contributed by atoms with Gasteiger partial charge in [-0.2, -0.15) is 0 Å². The average molecular weight is 807 g/mol. The Bertz CT molecular complexity index is 1160. The Morgan fingerprint density at radius 2 is 0.672 bits per heavy atom. The molecule has 0 heterocycles. The van der Waals surface area contributed by atoms with Crippen LogP contribution in [0, 0.1) is 0 Å². The summed E-state index contributed by atoms with van der Waals surface area (Å²) in [7, 11) is 0. The van der Waals surface area contributed by atoms with Gasteiger partial charge in [0.1, 0.15) is 13.2 Å². The molecule has 6 heteroatoms. The predicted molar refractivity (Wildman–Crippen MR) is 247 cm³/mol. The van der Waals surface area contributed by atoms with Gasteiger partial charge in [0.25, 0.3) is 0 Å². The summed E-state index contributed by atoms with van der Waals surface area (Å²) in [5.41, 5.74) is 0. The van der Waals surface area contributed by atoms with E-state index < -0.39 is 6.10 Å². The van der Waals surface area contributed by atoms with Crippen LogP contribution in [0.5, 0.6) is 0 Å². The van der Waals surface area contributed by atoms with Crippen LogP contribution in [0.2, 0.25) is 0 Å². The van der Waals surface area contributed by atoms with E-state index in [9.17, 15) is 14.4 Å². The molecule has 6 nitrogen and oxygen atoms in total. The number of carbonyl (C=O) groups is 3. The van der Waals surface area contributed by atoms with Gasteiger partial charge in [0.05, 0.1) is 0 Å². The number of unbranched alkanes of at least 4 members (excludes halogenated alkanes) is 16. The molecule has 0 amide bonds. The number of rotatable bonds is 41. The summed E-state index contributed by atoms with van der Waals surface area (Å²) < 4.78 is 16.7. The molecule has 0 aromatic carbocycles. The van der Waals surface area contributed by atoms with E-state index in [1.165, 1.54) is 44.9 Å². The van der Waals surface area contributed by atoms with Gasteiger partial charge in [-0.1, -0.05) is 183 Å². The molecule has 0 aromatic heterocycles. The second kappa shape index (κ2) is 46.3. The summed E-state index contributed by atoms with van der Waals surface area (Å²) in [6.45, 7) is 6.33. The molecular weight excluding hydrogens is 721 g/mol. The van der Waals surface area contributed by atoms with Crippen molar-refractivity contribution in [2.75, 3.05) is 13.2 Å². The molecule has 1 atom stereocenters. The maximum Gasteiger partial charge on any atom is 0.306 e. The molecule has 0 aliphatic carbocycles. The zero-order valence-corrected chi connectivity index (χ0v) is 37.5. The van der Waals surface area contributed by atoms with E-state index in [4.69, 9.17) is 14.2 Å². The topological polar surface area (TPSA) is 78.9 Å². The first-order chi connectivity index (χ1) is 28.5. The second-order valence-corrected chi connectivity index (χ2v) is 15.3. The van der Waals surface area contributed by atoms with Crippen LogP contribution in [0.4, 0.5) is 0 Å². The molecule has 0 rings (SSSR count). The van der Waals surface area contributed by atoms with Crippen molar-refractivity contribution in [3.05, 3.63) is 85.1 Å². The molecule has 0 saturated carbocycles. The first-order valence-electron chi connectivity index (χ1n) is 23.6. The first-order valence-corrected chi connectivity index (χ1v) is 23.6. The Labute approximate surface area is 356 Å². The minimum Gasteiger partial charge on any atom is -0.462 e. The van der Waals surface area contributed by atoms with Crippen molar-refractivity contribution in [2.24, 2.45) is 0 Å². The lowest BCUT2D eigenvalue weighted by Gasteiger charge is -2.18. The van der Waals surface area contributed by atoms with Gasteiger partial charge in [-0.3, -0.25) is 14.4 Å². The fourth-order valence-corrected chi connectivity index (χ4v) is 6.15. The predicted octanol–water partition coefficient (Wildman–Crippen LogP) is 15.3. The SMILES string of the molecule is CC/C=C\C/C=C\C/C=C\C/C=C\CCCCC(=O)OCC(COC(=O)CCCCCCCCCCCC)OC(=O)CCCCCCC/C=C\C/C=C\C/C=C\CC. The fourth-order valence-electron chi connectivity index (χ4n) is 6.15. The van der Waals surface area contributed by atoms with E-state index >= 15 is 0 Å². The van der Waals surface area contributed by atoms with Crippen molar-refractivity contribution >= 4 is 17.9 Å². The molecule has 58 heavy (non-hydrogen) atoms. The molecule has 0 radical (unpaired) electrons. The Kier molecular flexibility index (Phi) is 43.6. The molecule has 0 N–H and O–H groups in total. The number of carbonyl (C=O) groups excluding carboxylic acids is 3. The van der Waals surface area contributed by atoms with Crippen LogP contribution in [0.25, 0.3) is 0 Å². The van der Waals surface area contributed by atoms with Crippen LogP contribution in [0.1, 0.15) is 207 Å². The van der Waals surface area contributed by atoms with Gasteiger partial charge in [-0.25, -0.2) is 0 Å². The number of allylic oxidation sites excluding steroid dienone is 14. The molecule has 0 aliphatic rings. The van der Waals surface area contributed by atoms with Crippen molar-refractivity contribution < 1.29 is 28.6 Å². The van der Waals surface area contributed by atoms with Crippen LogP contribution in [0.3, 0.4) is 0 Å². The van der Waals surface area contributed by atoms with Gasteiger partial charge in [0.2, 0.25) is 0 Å². The van der Waals surface area contributed by atoms with Crippen LogP contribution >= 0.6 is 0 Å². The van der Waals surface area contributed by atoms with Crippen LogP contribution < -0.4 is 0 Å². The van der Waals surface area contributed by atoms with E-state index in [2.05, 4.69) is 106 Å². The van der Waals surface area contributed by atoms with E-state index in [0.717, 1.165) is 122 Å². The van der Waals surface area contributed by atoms with Crippen molar-refractivity contribution in [2.45, 2.75) is 213 Å². The fraction of sp³-hybridized carbons (Fsp3) is 0.673. The molecule has 0 spiro atoms.